The van der Waals surface area contributed by atoms with Gasteiger partial charge in [0.15, 0.2) is 11.5 Å². The summed E-state index contributed by atoms with van der Waals surface area (Å²) in [6.07, 6.45) is 2.28. The van der Waals surface area contributed by atoms with Crippen LogP contribution in [0.4, 0.5) is 0 Å². The molecule has 1 saturated heterocycles. The van der Waals surface area contributed by atoms with Gasteiger partial charge in [0.1, 0.15) is 6.10 Å². The zero-order valence-corrected chi connectivity index (χ0v) is 9.86. The van der Waals surface area contributed by atoms with Gasteiger partial charge < -0.3 is 14.2 Å². The molecule has 0 N–H and O–H groups in total. The van der Waals surface area contributed by atoms with Crippen LogP contribution in [0.2, 0.25) is 0 Å². The van der Waals surface area contributed by atoms with Gasteiger partial charge in [0.25, 0.3) is 0 Å². The van der Waals surface area contributed by atoms with E-state index >= 15 is 0 Å². The number of rotatable bonds is 3. The van der Waals surface area contributed by atoms with Crippen LogP contribution in [0.25, 0.3) is 0 Å². The number of ether oxygens (including phenoxy) is 3. The average Bonchev–Trinajstić information content (AvgIpc) is 2.33. The first-order chi connectivity index (χ1) is 7.79. The second kappa shape index (κ2) is 5.21. The van der Waals surface area contributed by atoms with Crippen molar-refractivity contribution >= 4 is 0 Å². The zero-order valence-electron chi connectivity index (χ0n) is 9.86. The second-order valence-corrected chi connectivity index (χ2v) is 4.11. The Hall–Kier alpha value is -1.22. The number of hydrogen-bond donors (Lipinski definition) is 0. The van der Waals surface area contributed by atoms with E-state index in [4.69, 9.17) is 14.2 Å². The number of hydrogen-bond acceptors (Lipinski definition) is 3. The Morgan fingerprint density at radius 2 is 2.19 bits per heavy atom. The Balaban J connectivity index is 2.07. The maximum absolute atomic E-state index is 5.88. The SMILES string of the molecule is COc1cc(C)ccc1O[C@@H]1CCCOC1. The Kier molecular flexibility index (Phi) is 3.67. The summed E-state index contributed by atoms with van der Waals surface area (Å²) >= 11 is 0. The van der Waals surface area contributed by atoms with E-state index in [1.165, 1.54) is 5.56 Å². The lowest BCUT2D eigenvalue weighted by molar-refractivity contribution is 0.00644. The summed E-state index contributed by atoms with van der Waals surface area (Å²) in [5.74, 6) is 1.61. The highest BCUT2D eigenvalue weighted by atomic mass is 16.5. The van der Waals surface area contributed by atoms with Crippen LogP contribution in [-0.4, -0.2) is 26.4 Å². The van der Waals surface area contributed by atoms with E-state index in [0.717, 1.165) is 30.9 Å². The van der Waals surface area contributed by atoms with Crippen molar-refractivity contribution < 1.29 is 14.2 Å². The maximum Gasteiger partial charge on any atom is 0.161 e. The molecule has 0 amide bonds. The summed E-state index contributed by atoms with van der Waals surface area (Å²) in [4.78, 5) is 0. The summed E-state index contributed by atoms with van der Waals surface area (Å²) in [6, 6.07) is 5.98. The van der Waals surface area contributed by atoms with E-state index in [1.807, 2.05) is 25.1 Å². The van der Waals surface area contributed by atoms with E-state index in [1.54, 1.807) is 7.11 Å². The summed E-state index contributed by atoms with van der Waals surface area (Å²) < 4.78 is 16.6. The van der Waals surface area contributed by atoms with Crippen molar-refractivity contribution in [2.24, 2.45) is 0 Å². The van der Waals surface area contributed by atoms with E-state index in [9.17, 15) is 0 Å². The van der Waals surface area contributed by atoms with E-state index in [0.29, 0.717) is 6.61 Å². The molecule has 1 aromatic carbocycles. The smallest absolute Gasteiger partial charge is 0.161 e. The van der Waals surface area contributed by atoms with Crippen LogP contribution >= 0.6 is 0 Å². The van der Waals surface area contributed by atoms with E-state index < -0.39 is 0 Å². The topological polar surface area (TPSA) is 27.7 Å². The molecule has 0 unspecified atom stereocenters. The molecule has 0 spiro atoms. The van der Waals surface area contributed by atoms with Crippen molar-refractivity contribution in [3.8, 4) is 11.5 Å². The maximum atomic E-state index is 5.88. The molecular weight excluding hydrogens is 204 g/mol. The Morgan fingerprint density at radius 1 is 1.31 bits per heavy atom. The molecule has 1 atom stereocenters. The first-order valence-corrected chi connectivity index (χ1v) is 5.68. The first kappa shape index (κ1) is 11.3. The van der Waals surface area contributed by atoms with Gasteiger partial charge in [-0.2, -0.15) is 0 Å². The second-order valence-electron chi connectivity index (χ2n) is 4.11. The lowest BCUT2D eigenvalue weighted by Crippen LogP contribution is -2.28. The summed E-state index contributed by atoms with van der Waals surface area (Å²) in [6.45, 7) is 3.57. The van der Waals surface area contributed by atoms with Crippen LogP contribution in [0.3, 0.4) is 0 Å². The normalized spacial score (nSPS) is 20.5. The zero-order chi connectivity index (χ0) is 11.4. The average molecular weight is 222 g/mol. The third-order valence-corrected chi connectivity index (χ3v) is 2.73. The predicted octanol–water partition coefficient (Wildman–Crippen LogP) is 2.56. The van der Waals surface area contributed by atoms with Gasteiger partial charge in [-0.05, 0) is 37.5 Å². The van der Waals surface area contributed by atoms with Crippen molar-refractivity contribution in [3.63, 3.8) is 0 Å². The van der Waals surface area contributed by atoms with Crippen LogP contribution in [-0.2, 0) is 4.74 Å². The molecule has 0 aromatic heterocycles. The predicted molar refractivity (Wildman–Crippen MR) is 62.2 cm³/mol. The molecule has 3 nitrogen and oxygen atoms in total. The third kappa shape index (κ3) is 2.67. The van der Waals surface area contributed by atoms with Gasteiger partial charge >= 0.3 is 0 Å². The Morgan fingerprint density at radius 3 is 2.88 bits per heavy atom. The minimum absolute atomic E-state index is 0.158. The van der Waals surface area contributed by atoms with Gasteiger partial charge in [-0.1, -0.05) is 6.07 Å². The van der Waals surface area contributed by atoms with Gasteiger partial charge in [0, 0.05) is 6.61 Å². The van der Waals surface area contributed by atoms with Crippen molar-refractivity contribution in [1.29, 1.82) is 0 Å². The fourth-order valence-electron chi connectivity index (χ4n) is 1.86. The molecule has 16 heavy (non-hydrogen) atoms. The van der Waals surface area contributed by atoms with Crippen molar-refractivity contribution in [1.82, 2.24) is 0 Å². The Bertz CT molecular complexity index is 343. The molecule has 0 saturated carbocycles. The monoisotopic (exact) mass is 222 g/mol. The van der Waals surface area contributed by atoms with Crippen LogP contribution in [0, 0.1) is 6.92 Å². The minimum Gasteiger partial charge on any atom is -0.493 e. The van der Waals surface area contributed by atoms with Gasteiger partial charge in [0.05, 0.1) is 13.7 Å². The molecule has 0 aliphatic carbocycles. The van der Waals surface area contributed by atoms with Crippen molar-refractivity contribution in [2.45, 2.75) is 25.9 Å². The molecule has 0 radical (unpaired) electrons. The highest BCUT2D eigenvalue weighted by Crippen LogP contribution is 2.29. The molecule has 2 rings (SSSR count). The highest BCUT2D eigenvalue weighted by Gasteiger charge is 2.17. The van der Waals surface area contributed by atoms with Gasteiger partial charge in [-0.15, -0.1) is 0 Å². The molecule has 0 bridgehead atoms. The number of methoxy groups -OCH3 is 1. The Labute approximate surface area is 96.3 Å². The van der Waals surface area contributed by atoms with Gasteiger partial charge in [-0.25, -0.2) is 0 Å². The molecular formula is C13H18O3. The van der Waals surface area contributed by atoms with Crippen LogP contribution < -0.4 is 9.47 Å². The van der Waals surface area contributed by atoms with Crippen LogP contribution in [0.1, 0.15) is 18.4 Å². The van der Waals surface area contributed by atoms with Crippen molar-refractivity contribution in [2.75, 3.05) is 20.3 Å². The largest absolute Gasteiger partial charge is 0.493 e. The first-order valence-electron chi connectivity index (χ1n) is 5.68. The lowest BCUT2D eigenvalue weighted by atomic mass is 10.1. The van der Waals surface area contributed by atoms with E-state index in [2.05, 4.69) is 0 Å². The molecule has 1 aromatic rings. The lowest BCUT2D eigenvalue weighted by Gasteiger charge is -2.24. The molecule has 1 aliphatic rings. The van der Waals surface area contributed by atoms with Gasteiger partial charge in [-0.3, -0.25) is 0 Å². The van der Waals surface area contributed by atoms with Gasteiger partial charge in [0.2, 0.25) is 0 Å². The fourth-order valence-corrected chi connectivity index (χ4v) is 1.86. The molecule has 1 heterocycles. The number of aryl methyl sites for hydroxylation is 1. The standard InChI is InChI=1S/C13H18O3/c1-10-5-6-12(13(8-10)14-2)16-11-4-3-7-15-9-11/h5-6,8,11H,3-4,7,9H2,1-2H3/t11-/m1/s1. The molecule has 3 heteroatoms. The molecule has 1 aliphatic heterocycles. The quantitative estimate of drug-likeness (QED) is 0.786. The van der Waals surface area contributed by atoms with Crippen molar-refractivity contribution in [3.05, 3.63) is 23.8 Å². The van der Waals surface area contributed by atoms with E-state index in [-0.39, 0.29) is 6.10 Å². The summed E-state index contributed by atoms with van der Waals surface area (Å²) in [5, 5.41) is 0. The minimum atomic E-state index is 0.158. The third-order valence-electron chi connectivity index (χ3n) is 2.73. The summed E-state index contributed by atoms with van der Waals surface area (Å²) in [5.41, 5.74) is 1.17. The van der Waals surface area contributed by atoms with Crippen LogP contribution in [0.5, 0.6) is 11.5 Å². The molecule has 88 valence electrons. The fraction of sp³-hybridized carbons (Fsp3) is 0.538. The van der Waals surface area contributed by atoms with Crippen LogP contribution in [0.15, 0.2) is 18.2 Å². The highest BCUT2D eigenvalue weighted by molar-refractivity contribution is 5.42. The number of benzene rings is 1. The summed E-state index contributed by atoms with van der Waals surface area (Å²) in [7, 11) is 1.67. The molecule has 1 fully saturated rings.